The molecule has 0 aliphatic carbocycles. The van der Waals surface area contributed by atoms with Gasteiger partial charge < -0.3 is 9.79 Å². The van der Waals surface area contributed by atoms with E-state index >= 15 is 0 Å². The Labute approximate surface area is 125 Å². The minimum absolute atomic E-state index is 0.143. The maximum absolute atomic E-state index is 12.0. The molecule has 122 valence electrons. The van der Waals surface area contributed by atoms with Crippen molar-refractivity contribution in [2.75, 3.05) is 0 Å². The van der Waals surface area contributed by atoms with E-state index in [1.165, 1.54) is 32.1 Å². The zero-order valence-corrected chi connectivity index (χ0v) is 14.8. The van der Waals surface area contributed by atoms with Crippen molar-refractivity contribution in [3.8, 4) is 0 Å². The molecule has 0 aromatic carbocycles. The Bertz CT molecular complexity index is 281. The van der Waals surface area contributed by atoms with Crippen LogP contribution < -0.4 is 0 Å². The van der Waals surface area contributed by atoms with E-state index in [4.69, 9.17) is 0 Å². The summed E-state index contributed by atoms with van der Waals surface area (Å²) in [7, 11) is -4.05. The van der Waals surface area contributed by atoms with Crippen molar-refractivity contribution in [2.45, 2.75) is 97.1 Å². The van der Waals surface area contributed by atoms with Crippen LogP contribution in [0, 0.1) is 5.92 Å². The minimum Gasteiger partial charge on any atom is -0.324 e. The van der Waals surface area contributed by atoms with Crippen LogP contribution in [0.25, 0.3) is 0 Å². The van der Waals surface area contributed by atoms with Gasteiger partial charge in [0.15, 0.2) is 0 Å². The van der Waals surface area contributed by atoms with E-state index in [9.17, 15) is 14.4 Å². The summed E-state index contributed by atoms with van der Waals surface area (Å²) >= 11 is 0. The molecule has 0 heterocycles. The first-order valence-corrected chi connectivity index (χ1v) is 10.1. The molecule has 0 spiro atoms. The van der Waals surface area contributed by atoms with Crippen LogP contribution in [0.2, 0.25) is 0 Å². The molecule has 20 heavy (non-hydrogen) atoms. The third-order valence-corrected chi connectivity index (χ3v) is 7.12. The molecule has 0 bridgehead atoms. The van der Waals surface area contributed by atoms with Crippen molar-refractivity contribution < 1.29 is 14.4 Å². The van der Waals surface area contributed by atoms with Gasteiger partial charge in [0.25, 0.3) is 0 Å². The molecule has 0 saturated carbocycles. The molecule has 3 nitrogen and oxygen atoms in total. The van der Waals surface area contributed by atoms with Gasteiger partial charge in [-0.05, 0) is 25.2 Å². The van der Waals surface area contributed by atoms with Crippen molar-refractivity contribution in [3.05, 3.63) is 0 Å². The highest BCUT2D eigenvalue weighted by Crippen LogP contribution is 2.60. The van der Waals surface area contributed by atoms with Crippen LogP contribution in [0.4, 0.5) is 0 Å². The van der Waals surface area contributed by atoms with Crippen LogP contribution in [0.1, 0.15) is 91.9 Å². The van der Waals surface area contributed by atoms with E-state index in [-0.39, 0.29) is 5.92 Å². The summed E-state index contributed by atoms with van der Waals surface area (Å²) in [4.78, 5) is 19.6. The van der Waals surface area contributed by atoms with Gasteiger partial charge in [0, 0.05) is 0 Å². The van der Waals surface area contributed by atoms with E-state index in [0.717, 1.165) is 19.3 Å². The first kappa shape index (κ1) is 20.1. The minimum atomic E-state index is -4.05. The summed E-state index contributed by atoms with van der Waals surface area (Å²) in [6.07, 6.45) is 10.4. The van der Waals surface area contributed by atoms with E-state index in [2.05, 4.69) is 13.8 Å². The van der Waals surface area contributed by atoms with Crippen molar-refractivity contribution in [1.29, 1.82) is 0 Å². The van der Waals surface area contributed by atoms with E-state index < -0.39 is 12.8 Å². The lowest BCUT2D eigenvalue weighted by molar-refractivity contribution is 0.235. The fraction of sp³-hybridized carbons (Fsp3) is 1.00. The van der Waals surface area contributed by atoms with Gasteiger partial charge in [-0.25, -0.2) is 0 Å². The van der Waals surface area contributed by atoms with E-state index in [0.29, 0.717) is 12.8 Å². The molecule has 0 aliphatic rings. The lowest BCUT2D eigenvalue weighted by Gasteiger charge is -2.39. The third kappa shape index (κ3) is 5.50. The Kier molecular flexibility index (Phi) is 10.0. The van der Waals surface area contributed by atoms with Gasteiger partial charge in [0.2, 0.25) is 0 Å². The summed E-state index contributed by atoms with van der Waals surface area (Å²) in [5.41, 5.74) is 0. The molecule has 0 amide bonds. The molecule has 0 aliphatic heterocycles. The molecule has 0 rings (SSSR count). The second-order valence-corrected chi connectivity index (χ2v) is 8.00. The lowest BCUT2D eigenvalue weighted by atomic mass is 9.81. The molecule has 0 fully saturated rings. The fourth-order valence-corrected chi connectivity index (χ4v) is 5.11. The number of hydrogen-bond acceptors (Lipinski definition) is 1. The normalized spacial score (nSPS) is 14.5. The molecule has 0 radical (unpaired) electrons. The summed E-state index contributed by atoms with van der Waals surface area (Å²) in [5, 5.41) is -0.800. The van der Waals surface area contributed by atoms with Crippen molar-refractivity contribution in [2.24, 2.45) is 5.92 Å². The highest BCUT2D eigenvalue weighted by Gasteiger charge is 2.48. The largest absolute Gasteiger partial charge is 0.331 e. The molecule has 0 aromatic heterocycles. The first-order valence-electron chi connectivity index (χ1n) is 8.45. The summed E-state index contributed by atoms with van der Waals surface area (Å²) in [6, 6.07) is 0. The van der Waals surface area contributed by atoms with Crippen molar-refractivity contribution >= 4 is 7.60 Å². The molecule has 0 aromatic rings. The van der Waals surface area contributed by atoms with Crippen LogP contribution in [-0.2, 0) is 4.57 Å². The summed E-state index contributed by atoms with van der Waals surface area (Å²) < 4.78 is 12.0. The van der Waals surface area contributed by atoms with Gasteiger partial charge in [0.05, 0.1) is 5.16 Å². The monoisotopic (exact) mass is 306 g/mol. The third-order valence-electron chi connectivity index (χ3n) is 4.96. The SMILES string of the molecule is CCCCCCCCC(CC)C(CC)(CC)P(=O)(O)O. The van der Waals surface area contributed by atoms with Crippen LogP contribution in [0.3, 0.4) is 0 Å². The van der Waals surface area contributed by atoms with Gasteiger partial charge in [-0.15, -0.1) is 0 Å². The van der Waals surface area contributed by atoms with Crippen LogP contribution in [0.15, 0.2) is 0 Å². The first-order chi connectivity index (χ1) is 9.39. The van der Waals surface area contributed by atoms with Gasteiger partial charge in [-0.3, -0.25) is 4.57 Å². The van der Waals surface area contributed by atoms with E-state index in [1.807, 2.05) is 13.8 Å². The Morgan fingerprint density at radius 2 is 1.40 bits per heavy atom. The standard InChI is InChI=1S/C16H35O3P/c1-5-9-10-11-12-13-14-15(6-2)16(7-3,8-4)20(17,18)19/h15H,5-14H2,1-4H3,(H2,17,18,19). The molecule has 1 unspecified atom stereocenters. The predicted octanol–water partition coefficient (Wildman–Crippen LogP) is 5.50. The quantitative estimate of drug-likeness (QED) is 0.370. The van der Waals surface area contributed by atoms with Gasteiger partial charge in [-0.1, -0.05) is 72.6 Å². The van der Waals surface area contributed by atoms with Crippen LogP contribution in [0.5, 0.6) is 0 Å². The average molecular weight is 306 g/mol. The second kappa shape index (κ2) is 9.97. The maximum atomic E-state index is 12.0. The smallest absolute Gasteiger partial charge is 0.324 e. The number of unbranched alkanes of at least 4 members (excludes halogenated alkanes) is 5. The molecule has 0 saturated heterocycles. The predicted molar refractivity (Wildman–Crippen MR) is 87.1 cm³/mol. The molecular weight excluding hydrogens is 271 g/mol. The lowest BCUT2D eigenvalue weighted by Crippen LogP contribution is -2.36. The molecule has 1 atom stereocenters. The van der Waals surface area contributed by atoms with Gasteiger partial charge in [0.1, 0.15) is 0 Å². The fourth-order valence-electron chi connectivity index (χ4n) is 3.50. The summed E-state index contributed by atoms with van der Waals surface area (Å²) in [6.45, 7) is 8.13. The van der Waals surface area contributed by atoms with Crippen molar-refractivity contribution in [1.82, 2.24) is 0 Å². The Morgan fingerprint density at radius 1 is 0.900 bits per heavy atom. The highest BCUT2D eigenvalue weighted by molar-refractivity contribution is 7.53. The average Bonchev–Trinajstić information content (AvgIpc) is 2.40. The van der Waals surface area contributed by atoms with Gasteiger partial charge >= 0.3 is 7.60 Å². The van der Waals surface area contributed by atoms with Crippen LogP contribution >= 0.6 is 7.60 Å². The van der Waals surface area contributed by atoms with E-state index in [1.54, 1.807) is 0 Å². The molecule has 4 heteroatoms. The molecule has 2 N–H and O–H groups in total. The Hall–Kier alpha value is 0.150. The Balaban J connectivity index is 4.51. The number of rotatable bonds is 12. The molecular formula is C16H35O3P. The highest BCUT2D eigenvalue weighted by atomic mass is 31.2. The zero-order chi connectivity index (χ0) is 15.6. The Morgan fingerprint density at radius 3 is 1.80 bits per heavy atom. The summed E-state index contributed by atoms with van der Waals surface area (Å²) in [5.74, 6) is 0.143. The second-order valence-electron chi connectivity index (χ2n) is 6.02. The maximum Gasteiger partial charge on any atom is 0.331 e. The zero-order valence-electron chi connectivity index (χ0n) is 13.9. The van der Waals surface area contributed by atoms with Crippen molar-refractivity contribution in [3.63, 3.8) is 0 Å². The topological polar surface area (TPSA) is 57.5 Å². The van der Waals surface area contributed by atoms with Crippen LogP contribution in [-0.4, -0.2) is 14.9 Å². The number of hydrogen-bond donors (Lipinski definition) is 2. The van der Waals surface area contributed by atoms with Gasteiger partial charge in [-0.2, -0.15) is 0 Å².